The number of aliphatic carboxylic acids is 1. The van der Waals surface area contributed by atoms with Gasteiger partial charge in [-0.15, -0.1) is 0 Å². The van der Waals surface area contributed by atoms with Crippen molar-refractivity contribution in [3.8, 4) is 0 Å². The number of carboxylic acids is 1. The summed E-state index contributed by atoms with van der Waals surface area (Å²) in [5.74, 6) is -3.24. The number of carboxylic acid groups (broad SMARTS) is 1. The van der Waals surface area contributed by atoms with Crippen molar-refractivity contribution in [2.45, 2.75) is 51.5 Å². The number of carbonyl (C=O) groups is 2. The molecule has 0 fully saturated rings. The number of aryl methyl sites for hydroxylation is 1. The Kier molecular flexibility index (Phi) is 6.46. The minimum atomic E-state index is -0.986. The minimum Gasteiger partial charge on any atom is -0.481 e. The first-order chi connectivity index (χ1) is 10.3. The fraction of sp³-hybridized carbons (Fsp3) is 0.500. The summed E-state index contributed by atoms with van der Waals surface area (Å²) in [6.07, 6.45) is 0.833. The van der Waals surface area contributed by atoms with Crippen molar-refractivity contribution in [1.29, 1.82) is 0 Å². The summed E-state index contributed by atoms with van der Waals surface area (Å²) in [7, 11) is 0. The van der Waals surface area contributed by atoms with E-state index in [4.69, 9.17) is 5.11 Å². The number of rotatable bonds is 8. The second-order valence-electron chi connectivity index (χ2n) is 5.32. The highest BCUT2D eigenvalue weighted by molar-refractivity contribution is 5.78. The van der Waals surface area contributed by atoms with E-state index in [9.17, 15) is 18.4 Å². The molecule has 0 radical (unpaired) electrons. The molecule has 0 bridgehead atoms. The molecule has 0 spiro atoms. The quantitative estimate of drug-likeness (QED) is 0.775. The number of hydrogen-bond acceptors (Lipinski definition) is 2. The number of nitrogens with one attached hydrogen (secondary N) is 1. The predicted octanol–water partition coefficient (Wildman–Crippen LogP) is 3.05. The Labute approximate surface area is 128 Å². The maximum absolute atomic E-state index is 13.5. The molecule has 0 atom stereocenters. The van der Waals surface area contributed by atoms with Gasteiger partial charge in [-0.3, -0.25) is 9.59 Å². The lowest BCUT2D eigenvalue weighted by molar-refractivity contribution is -0.139. The van der Waals surface area contributed by atoms with Crippen LogP contribution in [0.25, 0.3) is 0 Å². The third-order valence-corrected chi connectivity index (χ3v) is 3.90. The van der Waals surface area contributed by atoms with Gasteiger partial charge in [0, 0.05) is 12.0 Å². The highest BCUT2D eigenvalue weighted by Crippen LogP contribution is 2.20. The van der Waals surface area contributed by atoms with Gasteiger partial charge in [-0.05, 0) is 30.9 Å². The molecule has 22 heavy (non-hydrogen) atoms. The first-order valence-corrected chi connectivity index (χ1v) is 7.29. The zero-order valence-electron chi connectivity index (χ0n) is 12.8. The molecule has 1 aromatic rings. The van der Waals surface area contributed by atoms with Crippen LogP contribution in [-0.2, 0) is 16.0 Å². The predicted molar refractivity (Wildman–Crippen MR) is 78.4 cm³/mol. The Morgan fingerprint density at radius 3 is 2.41 bits per heavy atom. The number of carbonyl (C=O) groups excluding carboxylic acids is 1. The van der Waals surface area contributed by atoms with Crippen molar-refractivity contribution in [3.05, 3.63) is 35.4 Å². The summed E-state index contributed by atoms with van der Waals surface area (Å²) in [5, 5.41) is 11.7. The highest BCUT2D eigenvalue weighted by Gasteiger charge is 2.30. The smallest absolute Gasteiger partial charge is 0.305 e. The third-order valence-electron chi connectivity index (χ3n) is 3.90. The molecular weight excluding hydrogens is 292 g/mol. The fourth-order valence-electron chi connectivity index (χ4n) is 2.36. The first kappa shape index (κ1) is 18.1. The normalized spacial score (nSPS) is 11.3. The molecule has 0 aliphatic carbocycles. The molecule has 1 rings (SSSR count). The third kappa shape index (κ3) is 4.79. The van der Waals surface area contributed by atoms with Crippen molar-refractivity contribution in [3.63, 3.8) is 0 Å². The monoisotopic (exact) mass is 313 g/mol. The van der Waals surface area contributed by atoms with Crippen molar-refractivity contribution in [2.24, 2.45) is 0 Å². The molecule has 0 aliphatic heterocycles. The SMILES string of the molecule is CCC(CC)(CC(=O)O)NC(=O)CCc1cccc(F)c1F. The number of hydrogen-bond donors (Lipinski definition) is 2. The van der Waals surface area contributed by atoms with Crippen LogP contribution in [0.5, 0.6) is 0 Å². The molecule has 122 valence electrons. The second-order valence-corrected chi connectivity index (χ2v) is 5.32. The molecule has 6 heteroatoms. The van der Waals surface area contributed by atoms with Gasteiger partial charge in [0.05, 0.1) is 6.42 Å². The topological polar surface area (TPSA) is 66.4 Å². The average molecular weight is 313 g/mol. The summed E-state index contributed by atoms with van der Waals surface area (Å²) < 4.78 is 26.6. The lowest BCUT2D eigenvalue weighted by Gasteiger charge is -2.31. The Hall–Kier alpha value is -1.98. The van der Waals surface area contributed by atoms with E-state index in [0.717, 1.165) is 6.07 Å². The molecule has 2 N–H and O–H groups in total. The zero-order valence-corrected chi connectivity index (χ0v) is 12.8. The Morgan fingerprint density at radius 2 is 1.86 bits per heavy atom. The molecule has 4 nitrogen and oxygen atoms in total. The van der Waals surface area contributed by atoms with Crippen LogP contribution in [-0.4, -0.2) is 22.5 Å². The van der Waals surface area contributed by atoms with E-state index < -0.39 is 23.1 Å². The largest absolute Gasteiger partial charge is 0.481 e. The molecule has 1 aromatic carbocycles. The van der Waals surface area contributed by atoms with Crippen molar-refractivity contribution >= 4 is 11.9 Å². The number of benzene rings is 1. The average Bonchev–Trinajstić information content (AvgIpc) is 2.47. The summed E-state index contributed by atoms with van der Waals surface area (Å²) >= 11 is 0. The van der Waals surface area contributed by atoms with E-state index in [1.807, 2.05) is 0 Å². The molecule has 0 saturated heterocycles. The molecule has 0 unspecified atom stereocenters. The van der Waals surface area contributed by atoms with E-state index in [-0.39, 0.29) is 30.7 Å². The van der Waals surface area contributed by atoms with Crippen LogP contribution in [0.2, 0.25) is 0 Å². The van der Waals surface area contributed by atoms with Crippen LogP contribution < -0.4 is 5.32 Å². The van der Waals surface area contributed by atoms with E-state index in [1.165, 1.54) is 12.1 Å². The van der Waals surface area contributed by atoms with E-state index >= 15 is 0 Å². The first-order valence-electron chi connectivity index (χ1n) is 7.29. The summed E-state index contributed by atoms with van der Waals surface area (Å²) in [6.45, 7) is 3.61. The lowest BCUT2D eigenvalue weighted by Crippen LogP contribution is -2.49. The standard InChI is InChI=1S/C16H21F2NO3/c1-3-16(4-2,10-14(21)22)19-13(20)9-8-11-6-5-7-12(17)15(11)18/h5-7H,3-4,8-10H2,1-2H3,(H,19,20)(H,21,22). The van der Waals surface area contributed by atoms with Crippen LogP contribution in [0.3, 0.4) is 0 Å². The maximum atomic E-state index is 13.5. The van der Waals surface area contributed by atoms with Gasteiger partial charge in [0.25, 0.3) is 0 Å². The summed E-state index contributed by atoms with van der Waals surface area (Å²) in [6, 6.07) is 3.83. The van der Waals surface area contributed by atoms with Gasteiger partial charge in [-0.2, -0.15) is 0 Å². The summed E-state index contributed by atoms with van der Waals surface area (Å²) in [5.41, 5.74) is -0.671. The zero-order chi connectivity index (χ0) is 16.8. The second kappa shape index (κ2) is 7.87. The summed E-state index contributed by atoms with van der Waals surface area (Å²) in [4.78, 5) is 22.9. The van der Waals surface area contributed by atoms with E-state index in [1.54, 1.807) is 13.8 Å². The molecule has 1 amide bonds. The van der Waals surface area contributed by atoms with Gasteiger partial charge < -0.3 is 10.4 Å². The molecule has 0 aromatic heterocycles. The van der Waals surface area contributed by atoms with Gasteiger partial charge in [0.2, 0.25) is 5.91 Å². The van der Waals surface area contributed by atoms with Crippen molar-refractivity contribution in [1.82, 2.24) is 5.32 Å². The van der Waals surface area contributed by atoms with Crippen LogP contribution in [0.1, 0.15) is 45.1 Å². The Morgan fingerprint density at radius 1 is 1.23 bits per heavy atom. The Bertz CT molecular complexity index is 542. The number of halogens is 2. The van der Waals surface area contributed by atoms with Crippen molar-refractivity contribution in [2.75, 3.05) is 0 Å². The van der Waals surface area contributed by atoms with Gasteiger partial charge in [0.1, 0.15) is 0 Å². The van der Waals surface area contributed by atoms with Crippen LogP contribution in [0, 0.1) is 11.6 Å². The van der Waals surface area contributed by atoms with Crippen LogP contribution in [0.4, 0.5) is 8.78 Å². The highest BCUT2D eigenvalue weighted by atomic mass is 19.2. The minimum absolute atomic E-state index is 0.0260. The van der Waals surface area contributed by atoms with Gasteiger partial charge in [-0.1, -0.05) is 26.0 Å². The van der Waals surface area contributed by atoms with Crippen molar-refractivity contribution < 1.29 is 23.5 Å². The van der Waals surface area contributed by atoms with Gasteiger partial charge >= 0.3 is 5.97 Å². The molecular formula is C16H21F2NO3. The van der Waals surface area contributed by atoms with E-state index in [0.29, 0.717) is 12.8 Å². The van der Waals surface area contributed by atoms with Crippen LogP contribution >= 0.6 is 0 Å². The van der Waals surface area contributed by atoms with E-state index in [2.05, 4.69) is 5.32 Å². The molecule has 0 saturated carbocycles. The van der Waals surface area contributed by atoms with Gasteiger partial charge in [-0.25, -0.2) is 8.78 Å². The molecule has 0 aliphatic rings. The number of amides is 1. The lowest BCUT2D eigenvalue weighted by atomic mass is 9.88. The Balaban J connectivity index is 2.68. The fourth-order valence-corrected chi connectivity index (χ4v) is 2.36. The van der Waals surface area contributed by atoms with Gasteiger partial charge in [0.15, 0.2) is 11.6 Å². The molecule has 0 heterocycles. The van der Waals surface area contributed by atoms with Crippen LogP contribution in [0.15, 0.2) is 18.2 Å². The maximum Gasteiger partial charge on any atom is 0.305 e.